The number of hydrogen-bond acceptors (Lipinski definition) is 6. The molecule has 0 aliphatic heterocycles. The molecule has 2 unspecified atom stereocenters. The number of hydrogen-bond donors (Lipinski definition) is 5. The van der Waals surface area contributed by atoms with Gasteiger partial charge in [0.25, 0.3) is 0 Å². The molecule has 1 heterocycles. The fraction of sp³-hybridized carbons (Fsp3) is 0.353. The second kappa shape index (κ2) is 9.36. The van der Waals surface area contributed by atoms with E-state index in [-0.39, 0.29) is 5.97 Å². The number of rotatable bonds is 9. The van der Waals surface area contributed by atoms with Gasteiger partial charge in [0.2, 0.25) is 0 Å². The highest BCUT2D eigenvalue weighted by atomic mass is 32.1. The van der Waals surface area contributed by atoms with Gasteiger partial charge in [-0.2, -0.15) is 0 Å². The van der Waals surface area contributed by atoms with E-state index in [0.29, 0.717) is 17.9 Å². The fourth-order valence-electron chi connectivity index (χ4n) is 2.05. The smallest absolute Gasteiger partial charge is 0.338 e. The molecule has 24 heavy (non-hydrogen) atoms. The van der Waals surface area contributed by atoms with E-state index >= 15 is 0 Å². The Morgan fingerprint density at radius 3 is 2.71 bits per heavy atom. The Morgan fingerprint density at radius 1 is 1.33 bits per heavy atom. The fourth-order valence-corrected chi connectivity index (χ4v) is 2.34. The molecule has 4 N–H and O–H groups in total. The molecule has 6 nitrogen and oxygen atoms in total. The molecule has 0 radical (unpaired) electrons. The van der Waals surface area contributed by atoms with Crippen LogP contribution in [-0.2, 0) is 4.74 Å². The monoisotopic (exact) mass is 349 g/mol. The highest BCUT2D eigenvalue weighted by Gasteiger charge is 2.12. The normalized spacial score (nSPS) is 13.3. The third kappa shape index (κ3) is 5.59. The molecule has 0 saturated heterocycles. The molecule has 1 aromatic heterocycles. The largest absolute Gasteiger partial charge is 0.462 e. The Balaban J connectivity index is 1.83. The van der Waals surface area contributed by atoms with Crippen LogP contribution in [0.4, 0.5) is 5.69 Å². The van der Waals surface area contributed by atoms with Crippen LogP contribution < -0.4 is 10.6 Å². The third-order valence-electron chi connectivity index (χ3n) is 3.39. The van der Waals surface area contributed by atoms with Crippen molar-refractivity contribution in [1.82, 2.24) is 10.3 Å². The molecule has 2 aromatic rings. The molecule has 130 valence electrons. The van der Waals surface area contributed by atoms with Crippen LogP contribution in [0.1, 0.15) is 42.0 Å². The molecule has 0 bridgehead atoms. The predicted octanol–water partition coefficient (Wildman–Crippen LogP) is 2.88. The zero-order chi connectivity index (χ0) is 17.4. The molecule has 1 aromatic carbocycles. The lowest BCUT2D eigenvalue weighted by Crippen LogP contribution is -2.34. The Hall–Kier alpha value is -1.96. The molecule has 7 heteroatoms. The van der Waals surface area contributed by atoms with Crippen molar-refractivity contribution in [3.8, 4) is 0 Å². The number of H-pyrrole nitrogens is 1. The number of benzene rings is 1. The van der Waals surface area contributed by atoms with E-state index in [2.05, 4.69) is 28.2 Å². The maximum absolute atomic E-state index is 11.8. The molecule has 0 amide bonds. The van der Waals surface area contributed by atoms with Crippen molar-refractivity contribution in [1.29, 1.82) is 0 Å². The van der Waals surface area contributed by atoms with Gasteiger partial charge in [-0.15, -0.1) is 12.6 Å². The predicted molar refractivity (Wildman–Crippen MR) is 96.9 cm³/mol. The molecular formula is C17H23N3O3S. The van der Waals surface area contributed by atoms with Crippen LogP contribution in [0.25, 0.3) is 0 Å². The number of aromatic nitrogens is 1. The minimum atomic E-state index is -0.859. The van der Waals surface area contributed by atoms with Crippen molar-refractivity contribution in [3.05, 3.63) is 53.9 Å². The van der Waals surface area contributed by atoms with Crippen LogP contribution >= 0.6 is 12.6 Å². The molecule has 0 fully saturated rings. The number of carbonyl (C=O) groups excluding carboxylic acids is 1. The number of aromatic amines is 1. The number of nitrogens with one attached hydrogen (secondary N) is 3. The van der Waals surface area contributed by atoms with Gasteiger partial charge >= 0.3 is 5.97 Å². The van der Waals surface area contributed by atoms with Crippen LogP contribution in [0.3, 0.4) is 0 Å². The highest BCUT2D eigenvalue weighted by molar-refractivity contribution is 7.81. The topological polar surface area (TPSA) is 86.4 Å². The van der Waals surface area contributed by atoms with E-state index in [9.17, 15) is 9.90 Å². The van der Waals surface area contributed by atoms with Gasteiger partial charge in [-0.25, -0.2) is 4.79 Å². The average molecular weight is 349 g/mol. The van der Waals surface area contributed by atoms with Crippen molar-refractivity contribution >= 4 is 24.3 Å². The molecule has 2 atom stereocenters. The standard InChI is InChI=1S/C17H23N3O3S/c1-2-3-11-23-16(22)12-6-8-13(9-7-12)19-17(24)20-15(21)14-5-4-10-18-14/h4-10,15,17-21,24H,2-3,11H2,1H3. The Labute approximate surface area is 147 Å². The van der Waals surface area contributed by atoms with Crippen LogP contribution in [0, 0.1) is 0 Å². The lowest BCUT2D eigenvalue weighted by molar-refractivity contribution is 0.0500. The van der Waals surface area contributed by atoms with Crippen LogP contribution in [0.5, 0.6) is 0 Å². The summed E-state index contributed by atoms with van der Waals surface area (Å²) in [5.74, 6) is -0.322. The lowest BCUT2D eigenvalue weighted by atomic mass is 10.2. The maximum atomic E-state index is 11.8. The number of carbonyl (C=O) groups is 1. The van der Waals surface area contributed by atoms with Gasteiger partial charge in [-0.05, 0) is 42.8 Å². The summed E-state index contributed by atoms with van der Waals surface area (Å²) in [5.41, 5.74) is 1.46. The Morgan fingerprint density at radius 2 is 2.08 bits per heavy atom. The summed E-state index contributed by atoms with van der Waals surface area (Å²) < 4.78 is 5.16. The van der Waals surface area contributed by atoms with Crippen molar-refractivity contribution in [3.63, 3.8) is 0 Å². The Bertz CT molecular complexity index is 617. The Kier molecular flexibility index (Phi) is 7.17. The molecule has 0 spiro atoms. The SMILES string of the molecule is CCCCOC(=O)c1ccc(NC(S)NC(O)c2ccc[nH]2)cc1. The summed E-state index contributed by atoms with van der Waals surface area (Å²) in [5, 5.41) is 16.0. The maximum Gasteiger partial charge on any atom is 0.338 e. The molecule has 0 saturated carbocycles. The summed E-state index contributed by atoms with van der Waals surface area (Å²) >= 11 is 4.35. The highest BCUT2D eigenvalue weighted by Crippen LogP contribution is 2.14. The zero-order valence-electron chi connectivity index (χ0n) is 13.5. The average Bonchev–Trinajstić information content (AvgIpc) is 3.10. The number of aliphatic hydroxyl groups excluding tert-OH is 1. The van der Waals surface area contributed by atoms with Gasteiger partial charge in [0.05, 0.1) is 17.9 Å². The second-order valence-electron chi connectivity index (χ2n) is 5.31. The van der Waals surface area contributed by atoms with Crippen molar-refractivity contribution in [2.24, 2.45) is 0 Å². The summed E-state index contributed by atoms with van der Waals surface area (Å²) in [7, 11) is 0. The van der Waals surface area contributed by atoms with E-state index in [4.69, 9.17) is 4.74 Å². The molecule has 2 rings (SSSR count). The van der Waals surface area contributed by atoms with Crippen molar-refractivity contribution < 1.29 is 14.6 Å². The van der Waals surface area contributed by atoms with Crippen LogP contribution in [0.15, 0.2) is 42.6 Å². The van der Waals surface area contributed by atoms with Gasteiger partial charge in [0.15, 0.2) is 0 Å². The summed E-state index contributed by atoms with van der Waals surface area (Å²) in [6.07, 6.45) is 2.73. The van der Waals surface area contributed by atoms with Crippen LogP contribution in [-0.4, -0.2) is 28.2 Å². The minimum Gasteiger partial charge on any atom is -0.462 e. The quantitative estimate of drug-likeness (QED) is 0.208. The third-order valence-corrected chi connectivity index (χ3v) is 3.67. The van der Waals surface area contributed by atoms with E-state index in [1.807, 2.05) is 6.92 Å². The van der Waals surface area contributed by atoms with Crippen molar-refractivity contribution in [2.75, 3.05) is 11.9 Å². The number of ether oxygens (including phenoxy) is 1. The van der Waals surface area contributed by atoms with Gasteiger partial charge in [-0.3, -0.25) is 5.32 Å². The first kappa shape index (κ1) is 18.4. The van der Waals surface area contributed by atoms with Crippen LogP contribution in [0.2, 0.25) is 0 Å². The summed E-state index contributed by atoms with van der Waals surface area (Å²) in [6, 6.07) is 10.5. The van der Waals surface area contributed by atoms with Crippen molar-refractivity contribution in [2.45, 2.75) is 31.5 Å². The van der Waals surface area contributed by atoms with Gasteiger partial charge < -0.3 is 20.1 Å². The minimum absolute atomic E-state index is 0.322. The molecule has 0 aliphatic rings. The summed E-state index contributed by atoms with van der Waals surface area (Å²) in [4.78, 5) is 14.7. The first-order valence-corrected chi connectivity index (χ1v) is 8.41. The first-order valence-electron chi connectivity index (χ1n) is 7.89. The number of esters is 1. The van der Waals surface area contributed by atoms with E-state index in [0.717, 1.165) is 18.5 Å². The summed E-state index contributed by atoms with van der Waals surface area (Å²) in [6.45, 7) is 2.48. The number of anilines is 1. The zero-order valence-corrected chi connectivity index (χ0v) is 14.4. The number of unbranched alkanes of at least 4 members (excludes halogenated alkanes) is 1. The molecular weight excluding hydrogens is 326 g/mol. The second-order valence-corrected chi connectivity index (χ2v) is 5.82. The van der Waals surface area contributed by atoms with Gasteiger partial charge in [0.1, 0.15) is 11.7 Å². The van der Waals surface area contributed by atoms with Gasteiger partial charge in [-0.1, -0.05) is 13.3 Å². The van der Waals surface area contributed by atoms with E-state index in [1.165, 1.54) is 0 Å². The van der Waals surface area contributed by atoms with E-state index < -0.39 is 11.7 Å². The van der Waals surface area contributed by atoms with E-state index in [1.54, 1.807) is 42.6 Å². The van der Waals surface area contributed by atoms with Gasteiger partial charge in [0, 0.05) is 11.9 Å². The number of aliphatic hydroxyl groups is 1. The lowest BCUT2D eigenvalue weighted by Gasteiger charge is -2.20. The molecule has 0 aliphatic carbocycles. The first-order chi connectivity index (χ1) is 11.6. The number of thiol groups is 1.